The van der Waals surface area contributed by atoms with Crippen LogP contribution in [-0.2, 0) is 14.5 Å². The molecule has 1 aliphatic carbocycles. The lowest BCUT2D eigenvalue weighted by molar-refractivity contribution is -0.243. The molecule has 7 nitrogen and oxygen atoms in total. The van der Waals surface area contributed by atoms with Gasteiger partial charge in [-0.1, -0.05) is 0 Å². The van der Waals surface area contributed by atoms with Crippen LogP contribution in [0, 0.1) is 0 Å². The molecule has 7 heteroatoms. The summed E-state index contributed by atoms with van der Waals surface area (Å²) in [5.74, 6) is -0.973. The second-order valence-corrected chi connectivity index (χ2v) is 4.17. The summed E-state index contributed by atoms with van der Waals surface area (Å²) in [6.45, 7) is 0. The zero-order valence-electron chi connectivity index (χ0n) is 11.0. The molecule has 0 heterocycles. The van der Waals surface area contributed by atoms with Crippen molar-refractivity contribution < 1.29 is 29.3 Å². The van der Waals surface area contributed by atoms with Gasteiger partial charge in [0.2, 0.25) is 5.78 Å². The summed E-state index contributed by atoms with van der Waals surface area (Å²) in [7, 11) is 2.75. The van der Waals surface area contributed by atoms with Gasteiger partial charge in [-0.2, -0.15) is 5.26 Å². The first-order chi connectivity index (χ1) is 9.62. The van der Waals surface area contributed by atoms with Gasteiger partial charge in [-0.25, -0.2) is 4.99 Å². The average molecular weight is 279 g/mol. The number of ketones is 1. The molecule has 0 fully saturated rings. The lowest BCUT2D eigenvalue weighted by atomic mass is 9.96. The zero-order valence-corrected chi connectivity index (χ0v) is 11.0. The van der Waals surface area contributed by atoms with Crippen molar-refractivity contribution in [3.8, 4) is 5.75 Å². The van der Waals surface area contributed by atoms with E-state index in [9.17, 15) is 9.59 Å². The van der Waals surface area contributed by atoms with Crippen LogP contribution in [0.1, 0.15) is 28.3 Å². The summed E-state index contributed by atoms with van der Waals surface area (Å²) in [5.41, 5.74) is 0.951. The highest BCUT2D eigenvalue weighted by Crippen LogP contribution is 2.36. The van der Waals surface area contributed by atoms with E-state index in [0.29, 0.717) is 16.9 Å². The number of nitrogens with zero attached hydrogens (tertiary/aromatic N) is 1. The summed E-state index contributed by atoms with van der Waals surface area (Å²) in [4.78, 5) is 27.3. The lowest BCUT2D eigenvalue weighted by Crippen LogP contribution is -2.17. The third kappa shape index (κ3) is 2.35. The van der Waals surface area contributed by atoms with Gasteiger partial charge in [-0.05, 0) is 28.9 Å². The highest BCUT2D eigenvalue weighted by atomic mass is 17.2. The molecular weight excluding hydrogens is 266 g/mol. The number of ether oxygens (including phenoxy) is 2. The van der Waals surface area contributed by atoms with E-state index in [1.807, 2.05) is 0 Å². The minimum Gasteiger partial charge on any atom is -0.497 e. The molecule has 1 N–H and O–H groups in total. The Morgan fingerprint density at radius 2 is 2.15 bits per heavy atom. The van der Waals surface area contributed by atoms with Crippen LogP contribution in [0.2, 0.25) is 0 Å². The number of carbonyl (C=O) groups is 2. The van der Waals surface area contributed by atoms with Gasteiger partial charge in [0.1, 0.15) is 11.5 Å². The van der Waals surface area contributed by atoms with Crippen molar-refractivity contribution in [2.24, 2.45) is 5.16 Å². The molecular formula is C13H13NO6. The van der Waals surface area contributed by atoms with Crippen molar-refractivity contribution >= 4 is 17.5 Å². The first-order valence-corrected chi connectivity index (χ1v) is 5.80. The van der Waals surface area contributed by atoms with Crippen LogP contribution in [0.15, 0.2) is 23.4 Å². The van der Waals surface area contributed by atoms with Gasteiger partial charge in [0.05, 0.1) is 20.6 Å². The SMILES string of the molecule is COC(=O)CC1C(=NOO)C(=O)c2ccc(OC)cc21. The molecule has 0 saturated heterocycles. The number of hydrogen-bond acceptors (Lipinski definition) is 7. The summed E-state index contributed by atoms with van der Waals surface area (Å²) < 4.78 is 9.71. The Bertz CT molecular complexity index is 580. The Hall–Kier alpha value is -2.41. The van der Waals surface area contributed by atoms with Crippen molar-refractivity contribution in [1.82, 2.24) is 0 Å². The second-order valence-electron chi connectivity index (χ2n) is 4.17. The van der Waals surface area contributed by atoms with Crippen LogP contribution in [0.4, 0.5) is 0 Å². The first kappa shape index (κ1) is 14.0. The van der Waals surface area contributed by atoms with Gasteiger partial charge < -0.3 is 9.47 Å². The molecule has 0 spiro atoms. The number of benzene rings is 1. The van der Waals surface area contributed by atoms with E-state index in [4.69, 9.17) is 9.99 Å². The van der Waals surface area contributed by atoms with Crippen molar-refractivity contribution in [3.05, 3.63) is 29.3 Å². The van der Waals surface area contributed by atoms with Crippen molar-refractivity contribution in [3.63, 3.8) is 0 Å². The molecule has 106 valence electrons. The summed E-state index contributed by atoms with van der Waals surface area (Å²) >= 11 is 0. The molecule has 0 aromatic heterocycles. The Kier molecular flexibility index (Phi) is 3.99. The summed E-state index contributed by atoms with van der Waals surface area (Å²) in [6.07, 6.45) is -0.0788. The number of carbonyl (C=O) groups excluding carboxylic acids is 2. The maximum Gasteiger partial charge on any atom is 0.306 e. The van der Waals surface area contributed by atoms with E-state index >= 15 is 0 Å². The fourth-order valence-electron chi connectivity index (χ4n) is 2.21. The molecule has 0 saturated carbocycles. The molecule has 20 heavy (non-hydrogen) atoms. The second kappa shape index (κ2) is 5.70. The normalized spacial score (nSPS) is 18.9. The number of hydrogen-bond donors (Lipinski definition) is 1. The van der Waals surface area contributed by atoms with E-state index in [-0.39, 0.29) is 12.1 Å². The molecule has 1 unspecified atom stereocenters. The largest absolute Gasteiger partial charge is 0.497 e. The topological polar surface area (TPSA) is 94.4 Å². The smallest absolute Gasteiger partial charge is 0.306 e. The van der Waals surface area contributed by atoms with Crippen molar-refractivity contribution in [2.75, 3.05) is 14.2 Å². The fraction of sp³-hybridized carbons (Fsp3) is 0.308. The van der Waals surface area contributed by atoms with E-state index in [2.05, 4.69) is 14.9 Å². The minimum absolute atomic E-state index is 0.0406. The fourth-order valence-corrected chi connectivity index (χ4v) is 2.21. The van der Waals surface area contributed by atoms with Gasteiger partial charge in [-0.3, -0.25) is 9.59 Å². The maximum atomic E-state index is 12.2. The molecule has 1 aromatic carbocycles. The predicted octanol–water partition coefficient (Wildman–Crippen LogP) is 1.38. The Labute approximate surface area is 114 Å². The Morgan fingerprint density at radius 3 is 2.75 bits per heavy atom. The quantitative estimate of drug-likeness (QED) is 0.508. The highest BCUT2D eigenvalue weighted by Gasteiger charge is 2.39. The van der Waals surface area contributed by atoms with Crippen molar-refractivity contribution in [2.45, 2.75) is 12.3 Å². The number of esters is 1. The van der Waals surface area contributed by atoms with Gasteiger partial charge in [0.25, 0.3) is 0 Å². The molecule has 0 amide bonds. The molecule has 0 bridgehead atoms. The van der Waals surface area contributed by atoms with Crippen molar-refractivity contribution in [1.29, 1.82) is 0 Å². The molecule has 1 atom stereocenters. The summed E-state index contributed by atoms with van der Waals surface area (Å²) in [6, 6.07) is 4.87. The van der Waals surface area contributed by atoms with Crippen LogP contribution >= 0.6 is 0 Å². The molecule has 1 aromatic rings. The number of methoxy groups -OCH3 is 2. The van der Waals surface area contributed by atoms with Crippen LogP contribution in [0.3, 0.4) is 0 Å². The van der Waals surface area contributed by atoms with Gasteiger partial charge in [-0.15, -0.1) is 0 Å². The summed E-state index contributed by atoms with van der Waals surface area (Å²) in [5, 5.41) is 11.8. The molecule has 0 radical (unpaired) electrons. The lowest BCUT2D eigenvalue weighted by Gasteiger charge is -2.10. The van der Waals surface area contributed by atoms with Crippen LogP contribution < -0.4 is 4.74 Å². The van der Waals surface area contributed by atoms with E-state index < -0.39 is 17.7 Å². The Morgan fingerprint density at radius 1 is 1.40 bits per heavy atom. The first-order valence-electron chi connectivity index (χ1n) is 5.80. The molecule has 0 aliphatic heterocycles. The van der Waals surface area contributed by atoms with Crippen LogP contribution in [0.5, 0.6) is 5.75 Å². The minimum atomic E-state index is -0.632. The predicted molar refractivity (Wildman–Crippen MR) is 67.8 cm³/mol. The van der Waals surface area contributed by atoms with Gasteiger partial charge in [0, 0.05) is 11.5 Å². The average Bonchev–Trinajstić information content (AvgIpc) is 2.72. The monoisotopic (exact) mass is 279 g/mol. The maximum absolute atomic E-state index is 12.2. The number of fused-ring (bicyclic) bond motifs is 1. The van der Waals surface area contributed by atoms with Crippen LogP contribution in [-0.4, -0.2) is 36.9 Å². The van der Waals surface area contributed by atoms with Gasteiger partial charge in [0.15, 0.2) is 0 Å². The standard InChI is InChI=1S/C13H13NO6/c1-18-7-3-4-8-9(5-7)10(6-11(15)19-2)12(13(8)16)14-20-17/h3-5,10,17H,6H2,1-2H3. The number of Topliss-reactive ketones (excluding diaryl/α,β-unsaturated/α-hetero) is 1. The zero-order chi connectivity index (χ0) is 14.7. The van der Waals surface area contributed by atoms with E-state index in [1.165, 1.54) is 14.2 Å². The Balaban J connectivity index is 2.48. The number of oxime groups is 1. The third-order valence-corrected chi connectivity index (χ3v) is 3.18. The third-order valence-electron chi connectivity index (χ3n) is 3.18. The van der Waals surface area contributed by atoms with E-state index in [1.54, 1.807) is 18.2 Å². The molecule has 2 rings (SSSR count). The van der Waals surface area contributed by atoms with Gasteiger partial charge >= 0.3 is 5.97 Å². The molecule has 1 aliphatic rings. The number of rotatable bonds is 4. The highest BCUT2D eigenvalue weighted by molar-refractivity contribution is 6.51. The van der Waals surface area contributed by atoms with Crippen LogP contribution in [0.25, 0.3) is 0 Å². The van der Waals surface area contributed by atoms with E-state index in [0.717, 1.165) is 0 Å².